The van der Waals surface area contributed by atoms with E-state index < -0.39 is 5.97 Å². The zero-order chi connectivity index (χ0) is 14.5. The van der Waals surface area contributed by atoms with E-state index in [0.717, 1.165) is 32.8 Å². The van der Waals surface area contributed by atoms with E-state index in [1.165, 1.54) is 6.07 Å². The van der Waals surface area contributed by atoms with Crippen molar-refractivity contribution in [2.24, 2.45) is 0 Å². The van der Waals surface area contributed by atoms with Gasteiger partial charge in [0.25, 0.3) is 0 Å². The normalized spacial score (nSPS) is 15.3. The number of hydrogen-bond donors (Lipinski definition) is 0. The molecule has 1 aliphatic heterocycles. The summed E-state index contributed by atoms with van der Waals surface area (Å²) in [6.45, 7) is 4.30. The van der Waals surface area contributed by atoms with Crippen molar-refractivity contribution in [2.45, 2.75) is 0 Å². The van der Waals surface area contributed by atoms with Crippen molar-refractivity contribution in [1.29, 1.82) is 0 Å². The second-order valence-electron chi connectivity index (χ2n) is 4.32. The average Bonchev–Trinajstić information content (AvgIpc) is 2.42. The molecule has 110 valence electrons. The summed E-state index contributed by atoms with van der Waals surface area (Å²) in [6.07, 6.45) is 0. The van der Waals surface area contributed by atoms with Crippen LogP contribution in [0.15, 0.2) is 12.1 Å². The molecule has 21 heavy (non-hydrogen) atoms. The Hall–Kier alpha value is 1.04. The molecule has 0 amide bonds. The first-order valence-electron chi connectivity index (χ1n) is 6.22. The maximum atomic E-state index is 11.0. The van der Waals surface area contributed by atoms with Crippen molar-refractivity contribution in [3.05, 3.63) is 27.7 Å². The van der Waals surface area contributed by atoms with Gasteiger partial charge in [-0.1, -0.05) is 23.2 Å². The molecule has 1 heterocycles. The smallest absolute Gasteiger partial charge is 0.545 e. The molecule has 0 radical (unpaired) electrons. The molecule has 0 aromatic heterocycles. The summed E-state index contributed by atoms with van der Waals surface area (Å²) in [4.78, 5) is 13.2. The number of carbonyl (C=O) groups is 1. The topological polar surface area (TPSA) is 61.8 Å². The van der Waals surface area contributed by atoms with Crippen LogP contribution in [0.5, 0.6) is 5.75 Å². The molecular weight excluding hydrogens is 438 g/mol. The maximum Gasteiger partial charge on any atom is 1.00 e. The summed E-state index contributed by atoms with van der Waals surface area (Å²) >= 11 is 11.7. The molecule has 0 unspecified atom stereocenters. The fraction of sp³-hybridized carbons (Fsp3) is 0.462. The van der Waals surface area contributed by atoms with E-state index in [9.17, 15) is 9.90 Å². The number of halogens is 2. The third-order valence-electron chi connectivity index (χ3n) is 3.03. The Balaban J connectivity index is 0.00000220. The molecule has 1 aromatic rings. The Bertz CT molecular complexity index is 495. The maximum absolute atomic E-state index is 11.0. The quantitative estimate of drug-likeness (QED) is 0.522. The van der Waals surface area contributed by atoms with Crippen LogP contribution >= 0.6 is 23.2 Å². The van der Waals surface area contributed by atoms with Gasteiger partial charge in [0.2, 0.25) is 0 Å². The summed E-state index contributed by atoms with van der Waals surface area (Å²) in [5, 5.41) is 11.0. The number of rotatable bonds is 5. The fourth-order valence-electron chi connectivity index (χ4n) is 1.94. The number of benzene rings is 1. The Labute approximate surface area is 192 Å². The molecule has 2 rings (SSSR count). The Kier molecular flexibility index (Phi) is 9.59. The molecule has 0 saturated carbocycles. The first kappa shape index (κ1) is 20.1. The van der Waals surface area contributed by atoms with Crippen LogP contribution in [0.3, 0.4) is 0 Å². The van der Waals surface area contributed by atoms with Gasteiger partial charge < -0.3 is 19.4 Å². The molecule has 1 saturated heterocycles. The van der Waals surface area contributed by atoms with Crippen LogP contribution in [0.25, 0.3) is 0 Å². The molecule has 1 aliphatic rings. The molecule has 0 N–H and O–H groups in total. The number of carboxylic acids is 1. The number of carbonyl (C=O) groups excluding carboxylic acids is 1. The van der Waals surface area contributed by atoms with Crippen molar-refractivity contribution in [1.82, 2.24) is 4.90 Å². The van der Waals surface area contributed by atoms with Crippen LogP contribution in [0.1, 0.15) is 10.4 Å². The van der Waals surface area contributed by atoms with Crippen molar-refractivity contribution in [3.8, 4) is 5.75 Å². The number of hydrogen-bond acceptors (Lipinski definition) is 5. The van der Waals surface area contributed by atoms with E-state index in [2.05, 4.69) is 4.90 Å². The van der Waals surface area contributed by atoms with Gasteiger partial charge in [-0.2, -0.15) is 0 Å². The molecule has 8 heteroatoms. The summed E-state index contributed by atoms with van der Waals surface area (Å²) < 4.78 is 10.8. The van der Waals surface area contributed by atoms with Crippen molar-refractivity contribution in [2.75, 3.05) is 39.5 Å². The van der Waals surface area contributed by atoms with Crippen LogP contribution in [0.2, 0.25) is 10.0 Å². The largest absolute Gasteiger partial charge is 1.00 e. The van der Waals surface area contributed by atoms with Crippen molar-refractivity contribution < 1.29 is 88.3 Å². The minimum atomic E-state index is -1.42. The third-order valence-corrected chi connectivity index (χ3v) is 3.72. The van der Waals surface area contributed by atoms with E-state index in [-0.39, 0.29) is 84.5 Å². The molecule has 1 aromatic carbocycles. The number of carboxylic acid groups (broad SMARTS) is 1. The summed E-state index contributed by atoms with van der Waals surface area (Å²) in [5.74, 6) is -1.12. The van der Waals surface area contributed by atoms with Gasteiger partial charge in [-0.15, -0.1) is 0 Å². The molecule has 5 nitrogen and oxygen atoms in total. The van der Waals surface area contributed by atoms with Gasteiger partial charge in [0.05, 0.1) is 29.2 Å². The zero-order valence-electron chi connectivity index (χ0n) is 11.7. The minimum absolute atomic E-state index is 0. The molecule has 0 bridgehead atoms. The molecule has 0 atom stereocenters. The number of nitrogens with zero attached hydrogens (tertiary/aromatic N) is 1. The number of aromatic carboxylic acids is 1. The number of morpholine rings is 1. The van der Waals surface area contributed by atoms with E-state index in [1.807, 2.05) is 0 Å². The number of ether oxygens (including phenoxy) is 2. The first-order chi connectivity index (χ1) is 9.59. The van der Waals surface area contributed by atoms with Gasteiger partial charge >= 0.3 is 68.9 Å². The van der Waals surface area contributed by atoms with Crippen LogP contribution in [0, 0.1) is 0 Å². The summed E-state index contributed by atoms with van der Waals surface area (Å²) in [6, 6.07) is 2.99. The molecular formula is C13H14Cl2CsNO4. The van der Waals surface area contributed by atoms with Gasteiger partial charge in [-0.05, 0) is 12.1 Å². The second kappa shape index (κ2) is 10.0. The fourth-order valence-corrected chi connectivity index (χ4v) is 2.52. The van der Waals surface area contributed by atoms with E-state index >= 15 is 0 Å². The first-order valence-corrected chi connectivity index (χ1v) is 6.97. The van der Waals surface area contributed by atoms with E-state index in [0.29, 0.717) is 12.4 Å². The molecule has 0 spiro atoms. The minimum Gasteiger partial charge on any atom is -0.545 e. The SMILES string of the molecule is O=C([O-])c1c(Cl)ccc(OCCN2CCOCC2)c1Cl.[Cs+]. The van der Waals surface area contributed by atoms with Gasteiger partial charge in [-0.25, -0.2) is 0 Å². The van der Waals surface area contributed by atoms with Crippen LogP contribution < -0.4 is 78.7 Å². The van der Waals surface area contributed by atoms with Gasteiger partial charge in [-0.3, -0.25) is 4.90 Å². The van der Waals surface area contributed by atoms with Crippen LogP contribution in [0.4, 0.5) is 0 Å². The van der Waals surface area contributed by atoms with Gasteiger partial charge in [0, 0.05) is 25.2 Å². The summed E-state index contributed by atoms with van der Waals surface area (Å²) in [7, 11) is 0. The third kappa shape index (κ3) is 5.87. The van der Waals surface area contributed by atoms with E-state index in [1.54, 1.807) is 6.07 Å². The monoisotopic (exact) mass is 451 g/mol. The molecule has 0 aliphatic carbocycles. The van der Waals surface area contributed by atoms with Crippen molar-refractivity contribution in [3.63, 3.8) is 0 Å². The standard InChI is InChI=1S/C13H15Cl2NO4.Cs/c14-9-1-2-10(12(15)11(9)13(17)18)20-8-5-16-3-6-19-7-4-16;/h1-2H,3-8H2,(H,17,18);/q;+1/p-1. The van der Waals surface area contributed by atoms with Gasteiger partial charge in [0.1, 0.15) is 12.4 Å². The van der Waals surface area contributed by atoms with Gasteiger partial charge in [0.15, 0.2) is 0 Å². The van der Waals surface area contributed by atoms with Crippen LogP contribution in [-0.2, 0) is 4.74 Å². The predicted octanol–water partition coefficient (Wildman–Crippen LogP) is -1.93. The Morgan fingerprint density at radius 2 is 2.00 bits per heavy atom. The van der Waals surface area contributed by atoms with Crippen LogP contribution in [-0.4, -0.2) is 50.3 Å². The average molecular weight is 452 g/mol. The predicted molar refractivity (Wildman–Crippen MR) is 73.5 cm³/mol. The Morgan fingerprint density at radius 3 is 2.62 bits per heavy atom. The summed E-state index contributed by atoms with van der Waals surface area (Å²) in [5.41, 5.74) is -0.239. The molecule has 1 fully saturated rings. The Morgan fingerprint density at radius 1 is 1.33 bits per heavy atom. The van der Waals surface area contributed by atoms with Crippen molar-refractivity contribution >= 4 is 29.2 Å². The van der Waals surface area contributed by atoms with E-state index in [4.69, 9.17) is 32.7 Å². The zero-order valence-corrected chi connectivity index (χ0v) is 19.5. The second-order valence-corrected chi connectivity index (χ2v) is 5.11.